The maximum absolute atomic E-state index is 12.8. The lowest BCUT2D eigenvalue weighted by Gasteiger charge is -2.31. The Balaban J connectivity index is 1.75. The first-order valence-corrected chi connectivity index (χ1v) is 9.99. The minimum Gasteiger partial charge on any atom is -0.493 e. The van der Waals surface area contributed by atoms with Crippen LogP contribution in [0.15, 0.2) is 53.7 Å². The fourth-order valence-electron chi connectivity index (χ4n) is 4.14. The molecule has 2 aliphatic rings. The minimum atomic E-state index is -0.686. The number of ether oxygens (including phenoxy) is 3. The van der Waals surface area contributed by atoms with Crippen molar-refractivity contribution in [2.24, 2.45) is 0 Å². The van der Waals surface area contributed by atoms with Gasteiger partial charge in [-0.2, -0.15) is 0 Å². The van der Waals surface area contributed by atoms with Crippen LogP contribution in [0.4, 0.5) is 10.5 Å². The van der Waals surface area contributed by atoms with Gasteiger partial charge in [0, 0.05) is 12.2 Å². The predicted octanol–water partition coefficient (Wildman–Crippen LogP) is 2.55. The lowest BCUT2D eigenvalue weighted by molar-refractivity contribution is -0.136. The molecule has 8 nitrogen and oxygen atoms in total. The Morgan fingerprint density at radius 2 is 1.87 bits per heavy atom. The second kappa shape index (κ2) is 8.59. The molecule has 2 N–H and O–H groups in total. The van der Waals surface area contributed by atoms with Crippen LogP contribution in [0.3, 0.4) is 0 Å². The van der Waals surface area contributed by atoms with Crippen LogP contribution >= 0.6 is 0 Å². The van der Waals surface area contributed by atoms with E-state index in [0.717, 1.165) is 18.7 Å². The molecular formula is C23H25N3O5. The number of fused-ring (bicyclic) bond motifs is 1. The van der Waals surface area contributed by atoms with Gasteiger partial charge < -0.3 is 29.7 Å². The Morgan fingerprint density at radius 3 is 2.61 bits per heavy atom. The molecule has 2 amide bonds. The summed E-state index contributed by atoms with van der Waals surface area (Å²) in [7, 11) is 4.42. The third kappa shape index (κ3) is 3.88. The van der Waals surface area contributed by atoms with E-state index in [2.05, 4.69) is 27.7 Å². The van der Waals surface area contributed by atoms with Gasteiger partial charge in [0.2, 0.25) is 0 Å². The normalized spacial score (nSPS) is 17.6. The first-order valence-electron chi connectivity index (χ1n) is 9.99. The van der Waals surface area contributed by atoms with E-state index in [9.17, 15) is 9.59 Å². The van der Waals surface area contributed by atoms with Crippen molar-refractivity contribution in [1.29, 1.82) is 0 Å². The average Bonchev–Trinajstić information content (AvgIpc) is 3.20. The maximum Gasteiger partial charge on any atom is 0.338 e. The summed E-state index contributed by atoms with van der Waals surface area (Å²) in [6, 6.07) is 12.4. The molecule has 2 heterocycles. The fourth-order valence-corrected chi connectivity index (χ4v) is 4.14. The van der Waals surface area contributed by atoms with Crippen LogP contribution in [0.1, 0.15) is 17.2 Å². The smallest absolute Gasteiger partial charge is 0.338 e. The number of anilines is 1. The Hall–Kier alpha value is -3.68. The lowest BCUT2D eigenvalue weighted by Crippen LogP contribution is -2.48. The van der Waals surface area contributed by atoms with Crippen molar-refractivity contribution < 1.29 is 23.8 Å². The van der Waals surface area contributed by atoms with Gasteiger partial charge in [0.1, 0.15) is 0 Å². The van der Waals surface area contributed by atoms with Crippen LogP contribution in [0.25, 0.3) is 0 Å². The summed E-state index contributed by atoms with van der Waals surface area (Å²) in [5.74, 6) is 0.561. The second-order valence-electron chi connectivity index (χ2n) is 7.33. The predicted molar refractivity (Wildman–Crippen MR) is 115 cm³/mol. The first-order chi connectivity index (χ1) is 15.0. The summed E-state index contributed by atoms with van der Waals surface area (Å²) in [4.78, 5) is 27.5. The number of benzene rings is 2. The highest BCUT2D eigenvalue weighted by Gasteiger charge is 2.35. The topological polar surface area (TPSA) is 89.1 Å². The minimum absolute atomic E-state index is 0.360. The Morgan fingerprint density at radius 1 is 1.10 bits per heavy atom. The van der Waals surface area contributed by atoms with Crippen LogP contribution in [0.2, 0.25) is 0 Å². The van der Waals surface area contributed by atoms with E-state index in [1.807, 2.05) is 12.1 Å². The fraction of sp³-hybridized carbons (Fsp3) is 0.304. The number of nitrogens with zero attached hydrogens (tertiary/aromatic N) is 1. The number of esters is 1. The van der Waals surface area contributed by atoms with E-state index in [-0.39, 0.29) is 6.03 Å². The van der Waals surface area contributed by atoms with Gasteiger partial charge in [-0.1, -0.05) is 24.3 Å². The van der Waals surface area contributed by atoms with Crippen molar-refractivity contribution in [2.45, 2.75) is 12.5 Å². The summed E-state index contributed by atoms with van der Waals surface area (Å²) in [6.45, 7) is 1.19. The van der Waals surface area contributed by atoms with Gasteiger partial charge in [-0.3, -0.25) is 0 Å². The summed E-state index contributed by atoms with van der Waals surface area (Å²) < 4.78 is 15.8. The number of hydrogen-bond acceptors (Lipinski definition) is 6. The number of rotatable bonds is 6. The molecule has 2 aromatic carbocycles. The Labute approximate surface area is 180 Å². The van der Waals surface area contributed by atoms with Gasteiger partial charge >= 0.3 is 12.0 Å². The molecule has 0 saturated carbocycles. The molecule has 0 saturated heterocycles. The van der Waals surface area contributed by atoms with E-state index in [1.165, 1.54) is 19.8 Å². The molecule has 162 valence electrons. The summed E-state index contributed by atoms with van der Waals surface area (Å²) in [5.41, 5.74) is 3.92. The van der Waals surface area contributed by atoms with Gasteiger partial charge in [0.25, 0.3) is 0 Å². The average molecular weight is 423 g/mol. The van der Waals surface area contributed by atoms with Crippen molar-refractivity contribution in [3.8, 4) is 11.5 Å². The standard InChI is InChI=1S/C23H25N3O5/c1-29-18-9-8-15(12-19(18)30-2)21-20(22(27)31-3)16(24-23(28)25-21)13-26-11-10-14-6-4-5-7-17(14)26/h4-9,12,21H,10-11,13H2,1-3H3,(H2,24,25,28)/t21-/m1/s1. The van der Waals surface area contributed by atoms with E-state index in [1.54, 1.807) is 25.3 Å². The number of urea groups is 1. The molecule has 2 aromatic rings. The van der Waals surface area contributed by atoms with Gasteiger partial charge in [0.05, 0.1) is 45.2 Å². The van der Waals surface area contributed by atoms with E-state index < -0.39 is 12.0 Å². The highest BCUT2D eigenvalue weighted by Crippen LogP contribution is 2.35. The zero-order chi connectivity index (χ0) is 22.0. The highest BCUT2D eigenvalue weighted by atomic mass is 16.5. The molecule has 31 heavy (non-hydrogen) atoms. The number of nitrogens with one attached hydrogen (secondary N) is 2. The monoisotopic (exact) mass is 423 g/mol. The molecular weight excluding hydrogens is 398 g/mol. The van der Waals surface area contributed by atoms with Crippen LogP contribution < -0.4 is 25.0 Å². The van der Waals surface area contributed by atoms with Crippen LogP contribution in [0, 0.1) is 0 Å². The lowest BCUT2D eigenvalue weighted by atomic mass is 9.94. The zero-order valence-electron chi connectivity index (χ0n) is 17.7. The number of carbonyl (C=O) groups excluding carboxylic acids is 2. The molecule has 0 fully saturated rings. The molecule has 0 bridgehead atoms. The van der Waals surface area contributed by atoms with Crippen molar-refractivity contribution in [3.05, 3.63) is 64.9 Å². The van der Waals surface area contributed by atoms with Crippen molar-refractivity contribution >= 4 is 17.7 Å². The Kier molecular flexibility index (Phi) is 5.70. The van der Waals surface area contributed by atoms with E-state index in [0.29, 0.717) is 34.9 Å². The number of carbonyl (C=O) groups is 2. The summed E-state index contributed by atoms with van der Waals surface area (Å²) in [5, 5.41) is 5.66. The molecule has 0 radical (unpaired) electrons. The maximum atomic E-state index is 12.8. The summed E-state index contributed by atoms with van der Waals surface area (Å²) >= 11 is 0. The van der Waals surface area contributed by atoms with Crippen LogP contribution in [-0.2, 0) is 16.0 Å². The summed E-state index contributed by atoms with van der Waals surface area (Å²) in [6.07, 6.45) is 0.919. The third-order valence-electron chi connectivity index (χ3n) is 5.63. The van der Waals surface area contributed by atoms with Gasteiger partial charge in [0.15, 0.2) is 11.5 Å². The number of hydrogen-bond donors (Lipinski definition) is 2. The molecule has 0 aromatic heterocycles. The van der Waals surface area contributed by atoms with E-state index >= 15 is 0 Å². The number of amides is 2. The second-order valence-corrected chi connectivity index (χ2v) is 7.33. The van der Waals surface area contributed by atoms with Crippen molar-refractivity contribution in [3.63, 3.8) is 0 Å². The molecule has 0 unspecified atom stereocenters. The third-order valence-corrected chi connectivity index (χ3v) is 5.63. The molecule has 8 heteroatoms. The molecule has 1 atom stereocenters. The van der Waals surface area contributed by atoms with Crippen molar-refractivity contribution in [1.82, 2.24) is 10.6 Å². The SMILES string of the molecule is COC(=O)C1=C(CN2CCc3ccccc32)NC(=O)N[C@@H]1c1ccc(OC)c(OC)c1. The molecule has 0 spiro atoms. The van der Waals surface area contributed by atoms with E-state index in [4.69, 9.17) is 14.2 Å². The van der Waals surface area contributed by atoms with Gasteiger partial charge in [-0.15, -0.1) is 0 Å². The largest absolute Gasteiger partial charge is 0.493 e. The molecule has 2 aliphatic heterocycles. The van der Waals surface area contributed by atoms with Crippen molar-refractivity contribution in [2.75, 3.05) is 39.3 Å². The van der Waals surface area contributed by atoms with Crippen LogP contribution in [-0.4, -0.2) is 46.4 Å². The van der Waals surface area contributed by atoms with Gasteiger partial charge in [-0.25, -0.2) is 9.59 Å². The Bertz CT molecular complexity index is 1050. The molecule has 4 rings (SSSR count). The quantitative estimate of drug-likeness (QED) is 0.695. The molecule has 0 aliphatic carbocycles. The first kappa shape index (κ1) is 20.6. The number of methoxy groups -OCH3 is 3. The van der Waals surface area contributed by atoms with Crippen LogP contribution in [0.5, 0.6) is 11.5 Å². The van der Waals surface area contributed by atoms with Gasteiger partial charge in [-0.05, 0) is 35.7 Å². The number of para-hydroxylation sites is 1. The zero-order valence-corrected chi connectivity index (χ0v) is 17.7. The highest BCUT2D eigenvalue weighted by molar-refractivity contribution is 5.95.